The van der Waals surface area contributed by atoms with Crippen LogP contribution in [0.4, 0.5) is 0 Å². The summed E-state index contributed by atoms with van der Waals surface area (Å²) >= 11 is 0. The summed E-state index contributed by atoms with van der Waals surface area (Å²) < 4.78 is 0. The van der Waals surface area contributed by atoms with Crippen molar-refractivity contribution in [1.82, 2.24) is 25.1 Å². The van der Waals surface area contributed by atoms with Crippen molar-refractivity contribution >= 4 is 35.1 Å². The molecule has 0 saturated carbocycles. The second-order valence-electron chi connectivity index (χ2n) is 7.78. The van der Waals surface area contributed by atoms with Crippen molar-refractivity contribution in [2.24, 2.45) is 0 Å². The number of hydrogen-bond donors (Lipinski definition) is 2. The molecule has 1 aromatic heterocycles. The highest BCUT2D eigenvalue weighted by molar-refractivity contribution is 5.85. The van der Waals surface area contributed by atoms with E-state index in [2.05, 4.69) is 15.3 Å². The number of nitrogens with one attached hydrogen (secondary N) is 2. The molecular formula is C21H28ClN5O3. The molecule has 3 heterocycles. The number of carbonyl (C=O) groups excluding carboxylic acids is 2. The van der Waals surface area contributed by atoms with Crippen LogP contribution in [0, 0.1) is 0 Å². The average molecular weight is 434 g/mol. The number of benzene rings is 1. The molecule has 9 heteroatoms. The predicted molar refractivity (Wildman–Crippen MR) is 117 cm³/mol. The minimum absolute atomic E-state index is 0. The summed E-state index contributed by atoms with van der Waals surface area (Å²) in [6.45, 7) is 3.29. The van der Waals surface area contributed by atoms with E-state index >= 15 is 0 Å². The number of carbonyl (C=O) groups is 2. The maximum Gasteiger partial charge on any atom is 0.258 e. The number of halogens is 1. The van der Waals surface area contributed by atoms with Gasteiger partial charge in [0.05, 0.1) is 17.4 Å². The molecule has 1 unspecified atom stereocenters. The maximum atomic E-state index is 12.7. The van der Waals surface area contributed by atoms with E-state index < -0.39 is 0 Å². The fourth-order valence-electron chi connectivity index (χ4n) is 4.26. The van der Waals surface area contributed by atoms with Gasteiger partial charge < -0.3 is 20.1 Å². The molecule has 0 radical (unpaired) electrons. The van der Waals surface area contributed by atoms with E-state index in [4.69, 9.17) is 0 Å². The summed E-state index contributed by atoms with van der Waals surface area (Å²) in [6.07, 6.45) is 3.48. The molecule has 2 N–H and O–H groups in total. The van der Waals surface area contributed by atoms with Crippen LogP contribution in [-0.2, 0) is 16.0 Å². The van der Waals surface area contributed by atoms with Gasteiger partial charge in [-0.25, -0.2) is 4.98 Å². The topological polar surface area (TPSA) is 98.4 Å². The molecule has 0 aliphatic carbocycles. The molecule has 2 fully saturated rings. The van der Waals surface area contributed by atoms with Crippen LogP contribution in [0.25, 0.3) is 10.9 Å². The first kappa shape index (κ1) is 22.2. The molecule has 8 nitrogen and oxygen atoms in total. The number of aryl methyl sites for hydroxylation is 1. The van der Waals surface area contributed by atoms with Gasteiger partial charge in [0.1, 0.15) is 5.82 Å². The molecule has 2 aliphatic rings. The lowest BCUT2D eigenvalue weighted by molar-refractivity contribution is -0.140. The number of fused-ring (bicyclic) bond motifs is 1. The molecule has 30 heavy (non-hydrogen) atoms. The van der Waals surface area contributed by atoms with Crippen molar-refractivity contribution in [3.05, 3.63) is 40.4 Å². The third kappa shape index (κ3) is 4.99. The number of piperazine rings is 1. The van der Waals surface area contributed by atoms with Crippen LogP contribution in [0.15, 0.2) is 29.1 Å². The second-order valence-corrected chi connectivity index (χ2v) is 7.78. The van der Waals surface area contributed by atoms with Gasteiger partial charge in [0.2, 0.25) is 11.8 Å². The average Bonchev–Trinajstić information content (AvgIpc) is 2.74. The van der Waals surface area contributed by atoms with Gasteiger partial charge in [-0.3, -0.25) is 14.4 Å². The Bertz CT molecular complexity index is 963. The van der Waals surface area contributed by atoms with Crippen molar-refractivity contribution in [3.8, 4) is 0 Å². The minimum Gasteiger partial charge on any atom is -0.341 e. The van der Waals surface area contributed by atoms with Gasteiger partial charge in [0.15, 0.2) is 0 Å². The largest absolute Gasteiger partial charge is 0.341 e. The normalized spacial score (nSPS) is 19.6. The fraction of sp³-hybridized carbons (Fsp3) is 0.524. The number of hydrogen-bond acceptors (Lipinski definition) is 5. The van der Waals surface area contributed by atoms with Crippen LogP contribution in [-0.4, -0.2) is 70.3 Å². The summed E-state index contributed by atoms with van der Waals surface area (Å²) in [6, 6.07) is 7.38. The van der Waals surface area contributed by atoms with Crippen LogP contribution in [0.5, 0.6) is 0 Å². The molecular weight excluding hydrogens is 406 g/mol. The van der Waals surface area contributed by atoms with E-state index in [0.29, 0.717) is 55.6 Å². The molecule has 2 aromatic rings. The summed E-state index contributed by atoms with van der Waals surface area (Å²) in [4.78, 5) is 48.1. The lowest BCUT2D eigenvalue weighted by Gasteiger charge is -2.41. The first-order valence-electron chi connectivity index (χ1n) is 10.4. The number of rotatable bonds is 5. The van der Waals surface area contributed by atoms with Crippen LogP contribution in [0.3, 0.4) is 0 Å². The van der Waals surface area contributed by atoms with E-state index in [-0.39, 0.29) is 35.8 Å². The van der Waals surface area contributed by atoms with Gasteiger partial charge in [-0.1, -0.05) is 12.1 Å². The van der Waals surface area contributed by atoms with Gasteiger partial charge in [0.25, 0.3) is 5.56 Å². The van der Waals surface area contributed by atoms with Crippen LogP contribution < -0.4 is 10.9 Å². The Kier molecular flexibility index (Phi) is 7.44. The summed E-state index contributed by atoms with van der Waals surface area (Å²) in [7, 11) is 0. The highest BCUT2D eigenvalue weighted by Crippen LogP contribution is 2.18. The molecule has 162 valence electrons. The lowest BCUT2D eigenvalue weighted by atomic mass is 10.0. The molecule has 1 aromatic carbocycles. The first-order valence-corrected chi connectivity index (χ1v) is 10.4. The number of amides is 2. The fourth-order valence-corrected chi connectivity index (χ4v) is 4.26. The van der Waals surface area contributed by atoms with Gasteiger partial charge in [-0.05, 0) is 31.4 Å². The van der Waals surface area contributed by atoms with Crippen LogP contribution >= 0.6 is 12.4 Å². The molecule has 1 atom stereocenters. The number of aromatic amines is 1. The highest BCUT2D eigenvalue weighted by Gasteiger charge is 2.31. The Balaban J connectivity index is 0.00000256. The third-order valence-electron chi connectivity index (χ3n) is 5.78. The SMILES string of the molecule is Cl.O=C(CCCc1nc2ccccc2c(=O)[nH]1)N1CCCC(N2CCNCC2=O)C1. The summed E-state index contributed by atoms with van der Waals surface area (Å²) in [5.74, 6) is 0.853. The zero-order valence-electron chi connectivity index (χ0n) is 16.9. The number of para-hydroxylation sites is 1. The molecule has 2 aliphatic heterocycles. The van der Waals surface area contributed by atoms with E-state index in [1.54, 1.807) is 6.07 Å². The second kappa shape index (κ2) is 10.0. The quantitative estimate of drug-likeness (QED) is 0.735. The van der Waals surface area contributed by atoms with Gasteiger partial charge in [0, 0.05) is 45.1 Å². The summed E-state index contributed by atoms with van der Waals surface area (Å²) in [5, 5.41) is 3.67. The Morgan fingerprint density at radius 3 is 2.87 bits per heavy atom. The van der Waals surface area contributed by atoms with E-state index in [1.807, 2.05) is 28.0 Å². The van der Waals surface area contributed by atoms with Gasteiger partial charge >= 0.3 is 0 Å². The van der Waals surface area contributed by atoms with E-state index in [9.17, 15) is 14.4 Å². The number of piperidine rings is 1. The zero-order chi connectivity index (χ0) is 20.2. The van der Waals surface area contributed by atoms with Gasteiger partial charge in [-0.2, -0.15) is 0 Å². The predicted octanol–water partition coefficient (Wildman–Crippen LogP) is 1.09. The van der Waals surface area contributed by atoms with E-state index in [0.717, 1.165) is 25.9 Å². The smallest absolute Gasteiger partial charge is 0.258 e. The first-order chi connectivity index (χ1) is 14.1. The Morgan fingerprint density at radius 2 is 2.03 bits per heavy atom. The number of likely N-dealkylation sites (tertiary alicyclic amines) is 1. The standard InChI is InChI=1S/C21H27N5O3.ClH/c27-19(25-11-4-5-15(14-25)26-12-10-22-13-20(26)28)9-3-8-18-23-17-7-2-1-6-16(17)21(29)24-18;/h1-2,6-7,15,22H,3-5,8-14H2,(H,23,24,29);1H. The van der Waals surface area contributed by atoms with Crippen molar-refractivity contribution < 1.29 is 9.59 Å². The van der Waals surface area contributed by atoms with Crippen molar-refractivity contribution in [3.63, 3.8) is 0 Å². The van der Waals surface area contributed by atoms with E-state index in [1.165, 1.54) is 0 Å². The number of aromatic nitrogens is 2. The summed E-state index contributed by atoms with van der Waals surface area (Å²) in [5.41, 5.74) is 0.536. The minimum atomic E-state index is -0.142. The van der Waals surface area contributed by atoms with Crippen molar-refractivity contribution in [2.45, 2.75) is 38.1 Å². The Labute approximate surface area is 181 Å². The monoisotopic (exact) mass is 433 g/mol. The molecule has 4 rings (SSSR count). The molecule has 2 saturated heterocycles. The number of H-pyrrole nitrogens is 1. The lowest BCUT2D eigenvalue weighted by Crippen LogP contribution is -2.57. The molecule has 2 amide bonds. The van der Waals surface area contributed by atoms with Crippen LogP contribution in [0.2, 0.25) is 0 Å². The molecule has 0 bridgehead atoms. The van der Waals surface area contributed by atoms with Crippen molar-refractivity contribution in [1.29, 1.82) is 0 Å². The van der Waals surface area contributed by atoms with Crippen LogP contribution in [0.1, 0.15) is 31.5 Å². The van der Waals surface area contributed by atoms with Gasteiger partial charge in [-0.15, -0.1) is 12.4 Å². The highest BCUT2D eigenvalue weighted by atomic mass is 35.5. The zero-order valence-corrected chi connectivity index (χ0v) is 17.7. The Hall–Kier alpha value is -2.45. The number of nitrogens with zero attached hydrogens (tertiary/aromatic N) is 3. The Morgan fingerprint density at radius 1 is 1.20 bits per heavy atom. The maximum absolute atomic E-state index is 12.7. The van der Waals surface area contributed by atoms with Crippen molar-refractivity contribution in [2.75, 3.05) is 32.7 Å². The molecule has 0 spiro atoms. The third-order valence-corrected chi connectivity index (χ3v) is 5.78.